The maximum Gasteiger partial charge on any atom is 0.337 e. The van der Waals surface area contributed by atoms with Crippen LogP contribution in [0.4, 0.5) is 0 Å². The first-order valence-electron chi connectivity index (χ1n) is 5.29. The molecule has 6 heteroatoms. The molecule has 0 bridgehead atoms. The number of carboxylic acid groups (broad SMARTS) is 1. The number of carbonyl (C=O) groups excluding carboxylic acids is 1. The van der Waals surface area contributed by atoms with Crippen molar-refractivity contribution in [3.05, 3.63) is 23.8 Å². The van der Waals surface area contributed by atoms with Gasteiger partial charge >= 0.3 is 11.9 Å². The van der Waals surface area contributed by atoms with Crippen LogP contribution in [0, 0.1) is 0 Å². The highest BCUT2D eigenvalue weighted by Gasteiger charge is 2.18. The Morgan fingerprint density at radius 3 is 2.50 bits per heavy atom. The topological polar surface area (TPSA) is 93.1 Å². The molecule has 0 fully saturated rings. The van der Waals surface area contributed by atoms with Gasteiger partial charge in [-0.25, -0.2) is 4.79 Å². The minimum absolute atomic E-state index is 0.149. The minimum Gasteiger partial charge on any atom is -0.493 e. The largest absolute Gasteiger partial charge is 0.493 e. The Morgan fingerprint density at radius 1 is 1.33 bits per heavy atom. The summed E-state index contributed by atoms with van der Waals surface area (Å²) in [6, 6.07) is 4.06. The summed E-state index contributed by atoms with van der Waals surface area (Å²) < 4.78 is 9.97. The molecule has 6 nitrogen and oxygen atoms in total. The van der Waals surface area contributed by atoms with Gasteiger partial charge in [0.1, 0.15) is 0 Å². The summed E-state index contributed by atoms with van der Waals surface area (Å²) >= 11 is 0. The lowest BCUT2D eigenvalue weighted by Gasteiger charge is -2.12. The monoisotopic (exact) mass is 254 g/mol. The van der Waals surface area contributed by atoms with Crippen LogP contribution < -0.4 is 9.47 Å². The number of aliphatic hydroxyl groups excluding tert-OH is 1. The van der Waals surface area contributed by atoms with E-state index in [1.165, 1.54) is 25.3 Å². The number of rotatable bonds is 5. The second-order valence-corrected chi connectivity index (χ2v) is 3.48. The summed E-state index contributed by atoms with van der Waals surface area (Å²) in [6.45, 7) is 1.65. The fourth-order valence-corrected chi connectivity index (χ4v) is 1.28. The van der Waals surface area contributed by atoms with Gasteiger partial charge in [0, 0.05) is 6.42 Å². The van der Waals surface area contributed by atoms with Crippen molar-refractivity contribution in [1.82, 2.24) is 0 Å². The highest BCUT2D eigenvalue weighted by atomic mass is 16.6. The van der Waals surface area contributed by atoms with E-state index in [-0.39, 0.29) is 23.5 Å². The summed E-state index contributed by atoms with van der Waals surface area (Å²) in [5.41, 5.74) is 0.149. The molecule has 98 valence electrons. The van der Waals surface area contributed by atoms with Crippen LogP contribution in [0.25, 0.3) is 0 Å². The van der Waals surface area contributed by atoms with Crippen LogP contribution >= 0.6 is 0 Å². The van der Waals surface area contributed by atoms with E-state index in [0.29, 0.717) is 0 Å². The highest BCUT2D eigenvalue weighted by Crippen LogP contribution is 2.30. The number of esters is 1. The molecule has 0 saturated carbocycles. The van der Waals surface area contributed by atoms with Crippen LogP contribution in [0.15, 0.2) is 18.2 Å². The highest BCUT2D eigenvalue weighted by molar-refractivity contribution is 5.75. The average Bonchev–Trinajstić information content (AvgIpc) is 2.37. The van der Waals surface area contributed by atoms with E-state index in [0.717, 1.165) is 0 Å². The third-order valence-corrected chi connectivity index (χ3v) is 2.25. The molecule has 1 rings (SSSR count). The molecule has 0 aromatic heterocycles. The smallest absolute Gasteiger partial charge is 0.337 e. The van der Waals surface area contributed by atoms with Crippen molar-refractivity contribution in [2.45, 2.75) is 19.4 Å². The van der Waals surface area contributed by atoms with Crippen molar-refractivity contribution in [2.75, 3.05) is 7.11 Å². The van der Waals surface area contributed by atoms with Gasteiger partial charge < -0.3 is 19.7 Å². The Morgan fingerprint density at radius 2 is 2.00 bits per heavy atom. The van der Waals surface area contributed by atoms with Crippen LogP contribution in [0.3, 0.4) is 0 Å². The van der Waals surface area contributed by atoms with E-state index in [1.54, 1.807) is 6.92 Å². The molecular weight excluding hydrogens is 240 g/mol. The molecule has 1 unspecified atom stereocenters. The number of carboxylic acids is 1. The van der Waals surface area contributed by atoms with Crippen molar-refractivity contribution in [3.63, 3.8) is 0 Å². The van der Waals surface area contributed by atoms with Gasteiger partial charge in [-0.15, -0.1) is 0 Å². The number of carbonyl (C=O) groups is 2. The van der Waals surface area contributed by atoms with Gasteiger partial charge in [-0.2, -0.15) is 0 Å². The van der Waals surface area contributed by atoms with Gasteiger partial charge in [-0.3, -0.25) is 4.79 Å². The van der Waals surface area contributed by atoms with Gasteiger partial charge in [-0.05, 0) is 17.7 Å². The molecular formula is C12H14O6. The first kappa shape index (κ1) is 14.0. The first-order valence-corrected chi connectivity index (χ1v) is 5.29. The average molecular weight is 254 g/mol. The molecule has 0 aliphatic heterocycles. The molecule has 2 N–H and O–H groups in total. The molecule has 0 radical (unpaired) electrons. The third-order valence-electron chi connectivity index (χ3n) is 2.25. The fourth-order valence-electron chi connectivity index (χ4n) is 1.28. The van der Waals surface area contributed by atoms with E-state index in [9.17, 15) is 14.7 Å². The molecule has 1 aromatic carbocycles. The van der Waals surface area contributed by atoms with Crippen molar-refractivity contribution < 1.29 is 29.3 Å². The maximum atomic E-state index is 11.2. The SMILES string of the molecule is CCC(=O)Oc1ccc(C(O)C(=O)O)cc1OC. The zero-order chi connectivity index (χ0) is 13.7. The number of aliphatic carboxylic acids is 1. The van der Waals surface area contributed by atoms with Crippen molar-refractivity contribution in [1.29, 1.82) is 0 Å². The van der Waals surface area contributed by atoms with Crippen LogP contribution in [0.1, 0.15) is 25.0 Å². The maximum absolute atomic E-state index is 11.2. The standard InChI is InChI=1S/C12H14O6/c1-3-10(13)18-8-5-4-7(6-9(8)17-2)11(14)12(15)16/h4-6,11,14H,3H2,1-2H3,(H,15,16). The Bertz CT molecular complexity index is 454. The third kappa shape index (κ3) is 3.21. The molecule has 18 heavy (non-hydrogen) atoms. The van der Waals surface area contributed by atoms with E-state index in [4.69, 9.17) is 14.6 Å². The lowest BCUT2D eigenvalue weighted by Crippen LogP contribution is -2.11. The molecule has 0 aliphatic carbocycles. The Kier molecular flexibility index (Phi) is 4.67. The zero-order valence-corrected chi connectivity index (χ0v) is 10.0. The van der Waals surface area contributed by atoms with E-state index in [1.807, 2.05) is 0 Å². The molecule has 1 atom stereocenters. The quantitative estimate of drug-likeness (QED) is 0.604. The Hall–Kier alpha value is -2.08. The summed E-state index contributed by atoms with van der Waals surface area (Å²) in [6.07, 6.45) is -1.43. The Labute approximate surface area is 104 Å². The zero-order valence-electron chi connectivity index (χ0n) is 10.0. The first-order chi connectivity index (χ1) is 8.49. The van der Waals surface area contributed by atoms with Gasteiger partial charge in [0.2, 0.25) is 0 Å². The van der Waals surface area contributed by atoms with Gasteiger partial charge in [0.05, 0.1) is 7.11 Å². The fraction of sp³-hybridized carbons (Fsp3) is 0.333. The van der Waals surface area contributed by atoms with E-state index >= 15 is 0 Å². The summed E-state index contributed by atoms with van der Waals surface area (Å²) in [7, 11) is 1.36. The van der Waals surface area contributed by atoms with Crippen LogP contribution in [-0.4, -0.2) is 29.3 Å². The summed E-state index contributed by atoms with van der Waals surface area (Å²) in [5.74, 6) is -1.42. The number of benzene rings is 1. The second kappa shape index (κ2) is 6.02. The van der Waals surface area contributed by atoms with E-state index < -0.39 is 18.0 Å². The van der Waals surface area contributed by atoms with Gasteiger partial charge in [0.15, 0.2) is 17.6 Å². The van der Waals surface area contributed by atoms with E-state index in [2.05, 4.69) is 0 Å². The molecule has 0 saturated heterocycles. The molecule has 1 aromatic rings. The van der Waals surface area contributed by atoms with Crippen molar-refractivity contribution in [2.24, 2.45) is 0 Å². The van der Waals surface area contributed by atoms with Crippen molar-refractivity contribution in [3.8, 4) is 11.5 Å². The number of methoxy groups -OCH3 is 1. The molecule has 0 spiro atoms. The van der Waals surface area contributed by atoms with Crippen LogP contribution in [0.2, 0.25) is 0 Å². The predicted octanol–water partition coefficient (Wildman–Crippen LogP) is 1.13. The molecule has 0 heterocycles. The minimum atomic E-state index is -1.64. The normalized spacial score (nSPS) is 11.7. The molecule has 0 aliphatic rings. The summed E-state index contributed by atoms with van der Waals surface area (Å²) in [4.78, 5) is 21.8. The number of ether oxygens (including phenoxy) is 2. The van der Waals surface area contributed by atoms with Gasteiger partial charge in [-0.1, -0.05) is 13.0 Å². The second-order valence-electron chi connectivity index (χ2n) is 3.48. The van der Waals surface area contributed by atoms with Crippen molar-refractivity contribution >= 4 is 11.9 Å². The number of aliphatic hydroxyl groups is 1. The van der Waals surface area contributed by atoms with Crippen LogP contribution in [0.5, 0.6) is 11.5 Å². The lowest BCUT2D eigenvalue weighted by atomic mass is 10.1. The number of hydrogen-bond acceptors (Lipinski definition) is 5. The van der Waals surface area contributed by atoms with Crippen LogP contribution in [-0.2, 0) is 9.59 Å². The Balaban J connectivity index is 3.03. The molecule has 0 amide bonds. The van der Waals surface area contributed by atoms with Gasteiger partial charge in [0.25, 0.3) is 0 Å². The summed E-state index contributed by atoms with van der Waals surface area (Å²) in [5, 5.41) is 18.0. The number of hydrogen-bond donors (Lipinski definition) is 2. The lowest BCUT2D eigenvalue weighted by molar-refractivity contribution is -0.147. The predicted molar refractivity (Wildman–Crippen MR) is 61.5 cm³/mol.